The zero-order chi connectivity index (χ0) is 20.4. The van der Waals surface area contributed by atoms with Crippen molar-refractivity contribution >= 4 is 33.0 Å². The Morgan fingerprint density at radius 2 is 2.24 bits per heavy atom. The second-order valence-corrected chi connectivity index (χ2v) is 9.34. The van der Waals surface area contributed by atoms with Crippen molar-refractivity contribution in [1.82, 2.24) is 15.0 Å². The van der Waals surface area contributed by atoms with Crippen LogP contribution in [-0.2, 0) is 14.9 Å². The molecule has 29 heavy (non-hydrogen) atoms. The molecule has 0 radical (unpaired) electrons. The highest BCUT2D eigenvalue weighted by Crippen LogP contribution is 2.37. The number of thiazole rings is 1. The third-order valence-corrected chi connectivity index (χ3v) is 6.34. The van der Waals surface area contributed by atoms with Crippen molar-refractivity contribution < 1.29 is 17.7 Å². The van der Waals surface area contributed by atoms with Gasteiger partial charge in [0.05, 0.1) is 12.5 Å². The van der Waals surface area contributed by atoms with E-state index in [1.54, 1.807) is 18.6 Å². The van der Waals surface area contributed by atoms with Crippen LogP contribution in [0.15, 0.2) is 40.3 Å². The lowest BCUT2D eigenvalue weighted by Crippen LogP contribution is -2.36. The van der Waals surface area contributed by atoms with Crippen molar-refractivity contribution in [3.05, 3.63) is 36.4 Å². The minimum absolute atomic E-state index is 0.156. The van der Waals surface area contributed by atoms with Crippen molar-refractivity contribution in [3.63, 3.8) is 0 Å². The van der Waals surface area contributed by atoms with Crippen LogP contribution in [0.4, 0.5) is 5.88 Å². The highest BCUT2D eigenvalue weighted by molar-refractivity contribution is 7.92. The first-order valence-electron chi connectivity index (χ1n) is 9.01. The van der Waals surface area contributed by atoms with E-state index in [0.29, 0.717) is 35.2 Å². The molecular formula is C18H19N5O4S2. The number of nitrogens with zero attached hydrogens (tertiary/aromatic N) is 5. The van der Waals surface area contributed by atoms with Crippen molar-refractivity contribution in [3.8, 4) is 21.3 Å². The maximum Gasteiger partial charge on any atom is 0.241 e. The number of hydrogen-bond acceptors (Lipinski definition) is 9. The van der Waals surface area contributed by atoms with Gasteiger partial charge in [-0.05, 0) is 18.6 Å². The number of aromatic nitrogens is 3. The van der Waals surface area contributed by atoms with Gasteiger partial charge < -0.3 is 9.25 Å². The molecule has 0 bridgehead atoms. The van der Waals surface area contributed by atoms with Gasteiger partial charge in [-0.15, -0.1) is 11.3 Å². The third-order valence-electron chi connectivity index (χ3n) is 4.16. The Balaban J connectivity index is 1.74. The lowest BCUT2D eigenvalue weighted by molar-refractivity contribution is 0.144. The summed E-state index contributed by atoms with van der Waals surface area (Å²) in [6.07, 6.45) is 7.42. The first-order valence-corrected chi connectivity index (χ1v) is 11.7. The molecule has 11 heteroatoms. The highest BCUT2D eigenvalue weighted by atomic mass is 32.2. The summed E-state index contributed by atoms with van der Waals surface area (Å²) >= 11 is 1.39. The van der Waals surface area contributed by atoms with Crippen LogP contribution in [0.25, 0.3) is 21.3 Å². The lowest BCUT2D eigenvalue weighted by Gasteiger charge is -2.24. The number of oxime groups is 1. The fraction of sp³-hybridized carbons (Fsp3) is 0.333. The van der Waals surface area contributed by atoms with Gasteiger partial charge in [0.15, 0.2) is 5.69 Å². The second kappa shape index (κ2) is 7.91. The van der Waals surface area contributed by atoms with E-state index in [9.17, 15) is 8.42 Å². The average molecular weight is 434 g/mol. The highest BCUT2D eigenvalue weighted by Gasteiger charge is 2.34. The van der Waals surface area contributed by atoms with Crippen LogP contribution in [-0.4, -0.2) is 48.5 Å². The van der Waals surface area contributed by atoms with Gasteiger partial charge in [-0.3, -0.25) is 4.98 Å². The van der Waals surface area contributed by atoms with Gasteiger partial charge in [0, 0.05) is 30.9 Å². The third kappa shape index (κ3) is 4.01. The minimum atomic E-state index is -3.51. The molecule has 0 amide bonds. The van der Waals surface area contributed by atoms with E-state index in [1.807, 2.05) is 19.1 Å². The summed E-state index contributed by atoms with van der Waals surface area (Å²) in [6, 6.07) is 3.75. The fourth-order valence-corrected chi connectivity index (χ4v) is 4.50. The molecular weight excluding hydrogens is 414 g/mol. The number of oxazole rings is 1. The Morgan fingerprint density at radius 3 is 2.97 bits per heavy atom. The molecule has 0 spiro atoms. The van der Waals surface area contributed by atoms with E-state index in [0.717, 1.165) is 23.2 Å². The zero-order valence-corrected chi connectivity index (χ0v) is 17.5. The summed E-state index contributed by atoms with van der Waals surface area (Å²) in [6.45, 7) is 2.68. The summed E-state index contributed by atoms with van der Waals surface area (Å²) in [4.78, 5) is 19.0. The molecule has 3 aromatic heterocycles. The zero-order valence-electron chi connectivity index (χ0n) is 15.9. The lowest BCUT2D eigenvalue weighted by atomic mass is 10.1. The van der Waals surface area contributed by atoms with Gasteiger partial charge in [0.2, 0.25) is 21.8 Å². The molecule has 0 unspecified atom stereocenters. The molecule has 0 saturated heterocycles. The van der Waals surface area contributed by atoms with E-state index in [4.69, 9.17) is 9.25 Å². The van der Waals surface area contributed by atoms with Crippen LogP contribution in [0.3, 0.4) is 0 Å². The number of fused-ring (bicyclic) bond motifs is 1. The largest absolute Gasteiger partial charge is 0.418 e. The summed E-state index contributed by atoms with van der Waals surface area (Å²) in [7, 11) is -3.51. The molecule has 0 fully saturated rings. The Bertz CT molecular complexity index is 1140. The van der Waals surface area contributed by atoms with Gasteiger partial charge in [-0.25, -0.2) is 22.7 Å². The van der Waals surface area contributed by atoms with E-state index in [-0.39, 0.29) is 12.4 Å². The van der Waals surface area contributed by atoms with Gasteiger partial charge in [-0.2, -0.15) is 0 Å². The van der Waals surface area contributed by atoms with Crippen LogP contribution in [0, 0.1) is 0 Å². The summed E-state index contributed by atoms with van der Waals surface area (Å²) in [5, 5.41) is 4.91. The number of rotatable bonds is 6. The van der Waals surface area contributed by atoms with Gasteiger partial charge in [-0.1, -0.05) is 12.1 Å². The van der Waals surface area contributed by atoms with Gasteiger partial charge in [0.25, 0.3) is 0 Å². The molecule has 1 aliphatic rings. The van der Waals surface area contributed by atoms with Crippen LogP contribution in [0.5, 0.6) is 0 Å². The van der Waals surface area contributed by atoms with Crippen molar-refractivity contribution in [2.24, 2.45) is 5.16 Å². The monoisotopic (exact) mass is 433 g/mol. The molecule has 0 N–H and O–H groups in total. The molecule has 0 aromatic carbocycles. The minimum Gasteiger partial charge on any atom is -0.418 e. The number of pyridine rings is 1. The predicted octanol–water partition coefficient (Wildman–Crippen LogP) is 3.16. The van der Waals surface area contributed by atoms with Gasteiger partial charge >= 0.3 is 0 Å². The Labute approximate surface area is 172 Å². The van der Waals surface area contributed by atoms with Crippen LogP contribution in [0.2, 0.25) is 0 Å². The molecule has 0 atom stereocenters. The van der Waals surface area contributed by atoms with Crippen molar-refractivity contribution in [2.45, 2.75) is 19.8 Å². The predicted molar refractivity (Wildman–Crippen MR) is 110 cm³/mol. The van der Waals surface area contributed by atoms with Crippen molar-refractivity contribution in [1.29, 1.82) is 0 Å². The number of hydrogen-bond donors (Lipinski definition) is 0. The Morgan fingerprint density at radius 1 is 1.38 bits per heavy atom. The Hall–Kier alpha value is -2.79. The quantitative estimate of drug-likeness (QED) is 0.434. The molecule has 152 valence electrons. The smallest absolute Gasteiger partial charge is 0.241 e. The summed E-state index contributed by atoms with van der Waals surface area (Å²) in [5.74, 6) is 0.449. The first kappa shape index (κ1) is 19.5. The van der Waals surface area contributed by atoms with Crippen LogP contribution >= 0.6 is 11.3 Å². The molecule has 0 aliphatic carbocycles. The van der Waals surface area contributed by atoms with E-state index >= 15 is 0 Å². The molecule has 1 aliphatic heterocycles. The standard InChI is InChI=1S/C18H19N5O4S2/c1-3-9-26-22-13-6-8-23(29(2,24)25)18-15(13)21-16(27-18)14-11-20-17(28-14)12-5-4-7-19-10-12/h4-5,7,10-11H,3,6,8-9H2,1-2H3. The molecule has 9 nitrogen and oxygen atoms in total. The summed E-state index contributed by atoms with van der Waals surface area (Å²) in [5.41, 5.74) is 1.83. The van der Waals surface area contributed by atoms with E-state index in [2.05, 4.69) is 20.1 Å². The molecule has 4 heterocycles. The Kier molecular flexibility index (Phi) is 5.33. The van der Waals surface area contributed by atoms with E-state index < -0.39 is 10.0 Å². The SMILES string of the molecule is CCCON=C1CCN(S(C)(=O)=O)c2oc(-c3cnc(-c4cccnc4)s3)nc21. The van der Waals surface area contributed by atoms with Crippen LogP contribution in [0.1, 0.15) is 25.5 Å². The normalized spacial score (nSPS) is 15.5. The maximum absolute atomic E-state index is 12.2. The maximum atomic E-state index is 12.2. The fourth-order valence-electron chi connectivity index (χ4n) is 2.82. The molecule has 0 saturated carbocycles. The second-order valence-electron chi connectivity index (χ2n) is 6.40. The van der Waals surface area contributed by atoms with Crippen molar-refractivity contribution in [2.75, 3.05) is 23.7 Å². The average Bonchev–Trinajstić information content (AvgIpc) is 3.35. The summed E-state index contributed by atoms with van der Waals surface area (Å²) < 4.78 is 31.5. The molecule has 3 aromatic rings. The molecule has 4 rings (SSSR count). The van der Waals surface area contributed by atoms with Gasteiger partial charge in [0.1, 0.15) is 22.2 Å². The van der Waals surface area contributed by atoms with E-state index in [1.165, 1.54) is 15.6 Å². The first-order chi connectivity index (χ1) is 14.0. The topological polar surface area (TPSA) is 111 Å². The number of sulfonamides is 1. The van der Waals surface area contributed by atoms with Crippen LogP contribution < -0.4 is 4.31 Å². The number of anilines is 1.